The number of rotatable bonds is 5. The van der Waals surface area contributed by atoms with Crippen molar-refractivity contribution in [1.82, 2.24) is 9.88 Å². The van der Waals surface area contributed by atoms with Gasteiger partial charge in [0.05, 0.1) is 24.3 Å². The van der Waals surface area contributed by atoms with Crippen molar-refractivity contribution >= 4 is 29.0 Å². The fourth-order valence-corrected chi connectivity index (χ4v) is 3.87. The summed E-state index contributed by atoms with van der Waals surface area (Å²) in [6.45, 7) is 7.03. The van der Waals surface area contributed by atoms with E-state index in [2.05, 4.69) is 4.98 Å². The van der Waals surface area contributed by atoms with E-state index in [9.17, 15) is 9.59 Å². The van der Waals surface area contributed by atoms with Crippen LogP contribution in [0.4, 0.5) is 0 Å². The van der Waals surface area contributed by atoms with Crippen molar-refractivity contribution < 1.29 is 19.1 Å². The highest BCUT2D eigenvalue weighted by atomic mass is 32.1. The summed E-state index contributed by atoms with van der Waals surface area (Å²) in [5.41, 5.74) is 2.17. The quantitative estimate of drug-likeness (QED) is 0.699. The predicted molar refractivity (Wildman–Crippen MR) is 111 cm³/mol. The number of nitrogens with zero attached hydrogens (tertiary/aromatic N) is 3. The van der Waals surface area contributed by atoms with Crippen molar-refractivity contribution in [3.63, 3.8) is 0 Å². The van der Waals surface area contributed by atoms with E-state index in [0.717, 1.165) is 10.6 Å². The summed E-state index contributed by atoms with van der Waals surface area (Å²) in [4.78, 5) is 36.0. The fraction of sp³-hybridized carbons (Fsp3) is 0.333. The van der Waals surface area contributed by atoms with Crippen molar-refractivity contribution in [1.29, 1.82) is 0 Å². The highest BCUT2D eigenvalue weighted by molar-refractivity contribution is 7.09. The Morgan fingerprint density at radius 3 is 2.62 bits per heavy atom. The van der Waals surface area contributed by atoms with Crippen LogP contribution in [0.5, 0.6) is 5.75 Å². The van der Waals surface area contributed by atoms with Crippen molar-refractivity contribution in [2.24, 2.45) is 4.99 Å². The zero-order valence-corrected chi connectivity index (χ0v) is 17.9. The third-order valence-electron chi connectivity index (χ3n) is 4.53. The minimum absolute atomic E-state index is 0.225. The van der Waals surface area contributed by atoms with E-state index in [4.69, 9.17) is 14.5 Å². The molecule has 0 bridgehead atoms. The summed E-state index contributed by atoms with van der Waals surface area (Å²) >= 11 is 1.47. The maximum absolute atomic E-state index is 12.8. The number of methoxy groups -OCH3 is 1. The average Bonchev–Trinajstić information content (AvgIpc) is 3.13. The number of hydrogen-bond donors (Lipinski definition) is 0. The Hall–Kier alpha value is -3.00. The summed E-state index contributed by atoms with van der Waals surface area (Å²) in [7, 11) is 1.58. The fourth-order valence-electron chi connectivity index (χ4n) is 3.27. The molecule has 1 atom stereocenters. The highest BCUT2D eigenvalue weighted by Gasteiger charge is 2.37. The summed E-state index contributed by atoms with van der Waals surface area (Å²) in [5.74, 6) is 0.318. The van der Waals surface area contributed by atoms with Gasteiger partial charge in [-0.1, -0.05) is 12.1 Å². The molecule has 29 heavy (non-hydrogen) atoms. The molecule has 1 unspecified atom stereocenters. The number of amides is 1. The first-order valence-electron chi connectivity index (χ1n) is 9.20. The van der Waals surface area contributed by atoms with Gasteiger partial charge in [-0.2, -0.15) is 0 Å². The number of aromatic nitrogens is 1. The Bertz CT molecular complexity index is 1010. The molecule has 0 saturated heterocycles. The van der Waals surface area contributed by atoms with Crippen molar-refractivity contribution in [2.75, 3.05) is 13.7 Å². The molecule has 1 aromatic carbocycles. The Balaban J connectivity index is 2.23. The average molecular weight is 413 g/mol. The van der Waals surface area contributed by atoms with Crippen molar-refractivity contribution in [2.45, 2.75) is 33.7 Å². The molecule has 1 aliphatic heterocycles. The molecule has 0 radical (unpaired) electrons. The molecule has 1 aliphatic rings. The minimum Gasteiger partial charge on any atom is -0.497 e. The second-order valence-corrected chi connectivity index (χ2v) is 7.52. The van der Waals surface area contributed by atoms with Gasteiger partial charge in [0.1, 0.15) is 17.5 Å². The van der Waals surface area contributed by atoms with Crippen molar-refractivity contribution in [3.05, 3.63) is 57.2 Å². The largest absolute Gasteiger partial charge is 0.497 e. The maximum atomic E-state index is 12.8. The molecule has 0 aliphatic carbocycles. The SMILES string of the molecule is CCOC(=O)C1=C(C)N(C(C)=O)C(c2csc(C)n2)=NC1c1cccc(OC)c1. The Kier molecular flexibility index (Phi) is 6.12. The van der Waals surface area contributed by atoms with E-state index < -0.39 is 12.0 Å². The van der Waals surface area contributed by atoms with E-state index in [1.54, 1.807) is 21.0 Å². The van der Waals surface area contributed by atoms with Gasteiger partial charge in [-0.3, -0.25) is 14.7 Å². The molecule has 0 fully saturated rings. The molecule has 0 spiro atoms. The molecule has 3 rings (SSSR count). The van der Waals surface area contributed by atoms with Gasteiger partial charge in [0, 0.05) is 18.0 Å². The van der Waals surface area contributed by atoms with Crippen LogP contribution in [0.2, 0.25) is 0 Å². The number of allylic oxidation sites excluding steroid dienone is 1. The first-order valence-corrected chi connectivity index (χ1v) is 10.1. The first kappa shape index (κ1) is 20.7. The van der Waals surface area contributed by atoms with Crippen molar-refractivity contribution in [3.8, 4) is 5.75 Å². The minimum atomic E-state index is -0.642. The number of amidine groups is 1. The summed E-state index contributed by atoms with van der Waals surface area (Å²) < 4.78 is 10.6. The standard InChI is InChI=1S/C21H23N3O4S/c1-6-28-21(26)18-12(2)24(14(4)25)20(17-11-29-13(3)22-17)23-19(18)15-8-7-9-16(10-15)27-5/h7-11,19H,6H2,1-5H3. The van der Waals surface area contributed by atoms with Crippen LogP contribution in [-0.2, 0) is 14.3 Å². The lowest BCUT2D eigenvalue weighted by molar-refractivity contribution is -0.139. The summed E-state index contributed by atoms with van der Waals surface area (Å²) in [6, 6.07) is 6.72. The number of esters is 1. The van der Waals surface area contributed by atoms with E-state index >= 15 is 0 Å². The summed E-state index contributed by atoms with van der Waals surface area (Å²) in [6.07, 6.45) is 0. The monoisotopic (exact) mass is 413 g/mol. The van der Waals surface area contributed by atoms with Crippen LogP contribution in [0, 0.1) is 6.92 Å². The smallest absolute Gasteiger partial charge is 0.338 e. The van der Waals surface area contributed by atoms with Crippen LogP contribution in [0.25, 0.3) is 0 Å². The molecule has 2 heterocycles. The highest BCUT2D eigenvalue weighted by Crippen LogP contribution is 2.37. The molecule has 0 saturated carbocycles. The third-order valence-corrected chi connectivity index (χ3v) is 5.30. The number of benzene rings is 1. The van der Waals surface area contributed by atoms with E-state index in [0.29, 0.717) is 28.5 Å². The van der Waals surface area contributed by atoms with Crippen LogP contribution < -0.4 is 4.74 Å². The Morgan fingerprint density at radius 2 is 2.03 bits per heavy atom. The number of aliphatic imine (C=N–C) groups is 1. The van der Waals surface area contributed by atoms with Gasteiger partial charge in [-0.05, 0) is 38.5 Å². The van der Waals surface area contributed by atoms with Crippen LogP contribution in [0.3, 0.4) is 0 Å². The lowest BCUT2D eigenvalue weighted by Gasteiger charge is -2.32. The Morgan fingerprint density at radius 1 is 1.28 bits per heavy atom. The zero-order valence-electron chi connectivity index (χ0n) is 17.1. The van der Waals surface area contributed by atoms with E-state index in [1.165, 1.54) is 23.2 Å². The zero-order chi connectivity index (χ0) is 21.1. The predicted octanol–water partition coefficient (Wildman–Crippen LogP) is 3.65. The maximum Gasteiger partial charge on any atom is 0.338 e. The van der Waals surface area contributed by atoms with Gasteiger partial charge in [-0.15, -0.1) is 11.3 Å². The molecule has 2 aromatic rings. The number of hydrogen-bond acceptors (Lipinski definition) is 7. The number of thiazole rings is 1. The molecule has 1 aromatic heterocycles. The van der Waals surface area contributed by atoms with Crippen LogP contribution in [0.15, 0.2) is 45.9 Å². The van der Waals surface area contributed by atoms with Gasteiger partial charge in [-0.25, -0.2) is 9.78 Å². The number of aryl methyl sites for hydroxylation is 1. The lowest BCUT2D eigenvalue weighted by Crippen LogP contribution is -2.40. The molecular weight excluding hydrogens is 390 g/mol. The number of carbonyl (C=O) groups is 2. The van der Waals surface area contributed by atoms with Gasteiger partial charge < -0.3 is 9.47 Å². The summed E-state index contributed by atoms with van der Waals surface area (Å²) in [5, 5.41) is 2.72. The Labute approximate surface area is 173 Å². The topological polar surface area (TPSA) is 81.1 Å². The molecule has 8 heteroatoms. The molecule has 0 N–H and O–H groups in total. The second-order valence-electron chi connectivity index (χ2n) is 6.46. The van der Waals surface area contributed by atoms with Crippen LogP contribution in [-0.4, -0.2) is 41.3 Å². The normalized spacial score (nSPS) is 16.5. The van der Waals surface area contributed by atoms with E-state index in [1.807, 2.05) is 36.6 Å². The van der Waals surface area contributed by atoms with E-state index in [-0.39, 0.29) is 12.5 Å². The molecular formula is C21H23N3O4S. The van der Waals surface area contributed by atoms with Crippen LogP contribution >= 0.6 is 11.3 Å². The number of ether oxygens (including phenoxy) is 2. The van der Waals surface area contributed by atoms with Gasteiger partial charge in [0.25, 0.3) is 0 Å². The molecule has 1 amide bonds. The third kappa shape index (κ3) is 4.07. The first-order chi connectivity index (χ1) is 13.9. The van der Waals surface area contributed by atoms with Gasteiger partial charge in [0.15, 0.2) is 5.84 Å². The molecule has 7 nitrogen and oxygen atoms in total. The molecule has 152 valence electrons. The van der Waals surface area contributed by atoms with Gasteiger partial charge >= 0.3 is 5.97 Å². The number of carbonyl (C=O) groups excluding carboxylic acids is 2. The van der Waals surface area contributed by atoms with Crippen LogP contribution in [0.1, 0.15) is 43.1 Å². The lowest BCUT2D eigenvalue weighted by atomic mass is 9.94. The second kappa shape index (κ2) is 8.57. The van der Waals surface area contributed by atoms with Gasteiger partial charge in [0.2, 0.25) is 5.91 Å².